The molecule has 0 atom stereocenters. The summed E-state index contributed by atoms with van der Waals surface area (Å²) in [6, 6.07) is 6.34. The summed E-state index contributed by atoms with van der Waals surface area (Å²) in [7, 11) is 1.70. The van der Waals surface area contributed by atoms with Crippen LogP contribution in [-0.2, 0) is 11.3 Å². The van der Waals surface area contributed by atoms with Crippen molar-refractivity contribution in [2.75, 3.05) is 33.3 Å². The molecular weight excluding hydrogens is 264 g/mol. The van der Waals surface area contributed by atoms with Crippen LogP contribution in [0.2, 0.25) is 0 Å². The summed E-state index contributed by atoms with van der Waals surface area (Å²) in [5.74, 6) is 1.31. The lowest BCUT2D eigenvalue weighted by molar-refractivity contribution is -0.136. The Balaban J connectivity index is 1.89. The fraction of sp³-hybridized carbons (Fsp3) is 0.588. The molecule has 0 saturated carbocycles. The lowest BCUT2D eigenvalue weighted by atomic mass is 10.1. The van der Waals surface area contributed by atoms with Crippen LogP contribution in [0.1, 0.15) is 25.0 Å². The molecule has 0 radical (unpaired) electrons. The Morgan fingerprint density at radius 2 is 1.90 bits per heavy atom. The van der Waals surface area contributed by atoms with E-state index >= 15 is 0 Å². The highest BCUT2D eigenvalue weighted by atomic mass is 16.5. The van der Waals surface area contributed by atoms with Crippen LogP contribution >= 0.6 is 0 Å². The van der Waals surface area contributed by atoms with Crippen molar-refractivity contribution in [3.8, 4) is 5.75 Å². The van der Waals surface area contributed by atoms with Crippen molar-refractivity contribution < 1.29 is 9.53 Å². The molecule has 4 nitrogen and oxygen atoms in total. The van der Waals surface area contributed by atoms with Gasteiger partial charge in [-0.3, -0.25) is 9.69 Å². The minimum Gasteiger partial charge on any atom is -0.496 e. The third kappa shape index (κ3) is 3.97. The molecule has 2 rings (SSSR count). The monoisotopic (exact) mass is 290 g/mol. The Hall–Kier alpha value is -1.55. The molecule has 1 aromatic carbocycles. The van der Waals surface area contributed by atoms with Gasteiger partial charge in [-0.05, 0) is 24.1 Å². The quantitative estimate of drug-likeness (QED) is 0.853. The number of rotatable bonds is 4. The van der Waals surface area contributed by atoms with E-state index in [1.807, 2.05) is 24.8 Å². The molecule has 0 aliphatic carbocycles. The molecular formula is C17H26N2O2. The predicted molar refractivity (Wildman–Crippen MR) is 84.4 cm³/mol. The fourth-order valence-electron chi connectivity index (χ4n) is 2.79. The Bertz CT molecular complexity index is 492. The molecule has 0 unspecified atom stereocenters. The normalized spacial score (nSPS) is 16.3. The van der Waals surface area contributed by atoms with Gasteiger partial charge in [0.05, 0.1) is 7.11 Å². The zero-order valence-corrected chi connectivity index (χ0v) is 13.6. The molecule has 21 heavy (non-hydrogen) atoms. The van der Waals surface area contributed by atoms with Gasteiger partial charge in [0.1, 0.15) is 5.75 Å². The van der Waals surface area contributed by atoms with E-state index in [1.54, 1.807) is 7.11 Å². The average Bonchev–Trinajstić information content (AvgIpc) is 2.47. The van der Waals surface area contributed by atoms with E-state index in [0.717, 1.165) is 38.5 Å². The number of hydrogen-bond acceptors (Lipinski definition) is 3. The molecule has 0 bridgehead atoms. The van der Waals surface area contributed by atoms with Crippen molar-refractivity contribution in [3.05, 3.63) is 29.3 Å². The second-order valence-electron chi connectivity index (χ2n) is 6.06. The zero-order chi connectivity index (χ0) is 15.4. The molecule has 1 fully saturated rings. The highest BCUT2D eigenvalue weighted by Gasteiger charge is 2.22. The van der Waals surface area contributed by atoms with Crippen molar-refractivity contribution in [1.29, 1.82) is 0 Å². The van der Waals surface area contributed by atoms with Gasteiger partial charge >= 0.3 is 0 Å². The Labute approximate surface area is 127 Å². The van der Waals surface area contributed by atoms with E-state index in [2.05, 4.69) is 24.0 Å². The third-order valence-electron chi connectivity index (χ3n) is 4.04. The highest BCUT2D eigenvalue weighted by molar-refractivity contribution is 5.78. The number of carbonyl (C=O) groups is 1. The zero-order valence-electron chi connectivity index (χ0n) is 13.6. The lowest BCUT2D eigenvalue weighted by Crippen LogP contribution is -2.49. The smallest absolute Gasteiger partial charge is 0.225 e. The van der Waals surface area contributed by atoms with Crippen LogP contribution < -0.4 is 4.74 Å². The van der Waals surface area contributed by atoms with Crippen LogP contribution in [-0.4, -0.2) is 49.0 Å². The minimum atomic E-state index is 0.0980. The number of piperazine rings is 1. The number of methoxy groups -OCH3 is 1. The Morgan fingerprint density at radius 3 is 2.43 bits per heavy atom. The van der Waals surface area contributed by atoms with Crippen molar-refractivity contribution in [2.24, 2.45) is 5.92 Å². The van der Waals surface area contributed by atoms with Gasteiger partial charge in [0.2, 0.25) is 5.91 Å². The SMILES string of the molecule is COc1ccc(CN2CCN(C(=O)C(C)C)CC2)cc1C. The average molecular weight is 290 g/mol. The van der Waals surface area contributed by atoms with Crippen LogP contribution in [0.4, 0.5) is 0 Å². The largest absolute Gasteiger partial charge is 0.496 e. The molecule has 1 saturated heterocycles. The molecule has 1 aromatic rings. The minimum absolute atomic E-state index is 0.0980. The summed E-state index contributed by atoms with van der Waals surface area (Å²) in [5, 5.41) is 0. The third-order valence-corrected chi connectivity index (χ3v) is 4.04. The van der Waals surface area contributed by atoms with E-state index in [4.69, 9.17) is 4.74 Å². The van der Waals surface area contributed by atoms with Gasteiger partial charge in [0.25, 0.3) is 0 Å². The van der Waals surface area contributed by atoms with Crippen LogP contribution in [0.3, 0.4) is 0 Å². The van der Waals surface area contributed by atoms with Gasteiger partial charge in [0, 0.05) is 38.6 Å². The second-order valence-corrected chi connectivity index (χ2v) is 6.06. The maximum Gasteiger partial charge on any atom is 0.225 e. The number of aryl methyl sites for hydroxylation is 1. The van der Waals surface area contributed by atoms with Gasteiger partial charge in [-0.1, -0.05) is 26.0 Å². The molecule has 1 amide bonds. The number of ether oxygens (including phenoxy) is 1. The van der Waals surface area contributed by atoms with Crippen molar-refractivity contribution >= 4 is 5.91 Å². The van der Waals surface area contributed by atoms with Crippen molar-refractivity contribution in [3.63, 3.8) is 0 Å². The number of benzene rings is 1. The van der Waals surface area contributed by atoms with Crippen molar-refractivity contribution in [1.82, 2.24) is 9.80 Å². The van der Waals surface area contributed by atoms with E-state index in [1.165, 1.54) is 11.1 Å². The van der Waals surface area contributed by atoms with Crippen LogP contribution in [0.15, 0.2) is 18.2 Å². The van der Waals surface area contributed by atoms with Gasteiger partial charge in [0.15, 0.2) is 0 Å². The maximum atomic E-state index is 12.0. The summed E-state index contributed by atoms with van der Waals surface area (Å²) < 4.78 is 5.29. The second kappa shape index (κ2) is 6.94. The molecule has 0 spiro atoms. The molecule has 0 N–H and O–H groups in total. The molecule has 116 valence electrons. The summed E-state index contributed by atoms with van der Waals surface area (Å²) in [5.41, 5.74) is 2.47. The topological polar surface area (TPSA) is 32.8 Å². The summed E-state index contributed by atoms with van der Waals surface area (Å²) in [4.78, 5) is 16.4. The van der Waals surface area contributed by atoms with Crippen LogP contribution in [0.5, 0.6) is 5.75 Å². The number of hydrogen-bond donors (Lipinski definition) is 0. The molecule has 4 heteroatoms. The van der Waals surface area contributed by atoms with Crippen molar-refractivity contribution in [2.45, 2.75) is 27.3 Å². The van der Waals surface area contributed by atoms with Gasteiger partial charge in [-0.2, -0.15) is 0 Å². The van der Waals surface area contributed by atoms with E-state index in [-0.39, 0.29) is 11.8 Å². The van der Waals surface area contributed by atoms with E-state index in [9.17, 15) is 4.79 Å². The maximum absolute atomic E-state index is 12.0. The van der Waals surface area contributed by atoms with Gasteiger partial charge < -0.3 is 9.64 Å². The first kappa shape index (κ1) is 15.8. The summed E-state index contributed by atoms with van der Waals surface area (Å²) >= 11 is 0. The number of nitrogens with zero attached hydrogens (tertiary/aromatic N) is 2. The predicted octanol–water partition coefficient (Wildman–Crippen LogP) is 2.30. The van der Waals surface area contributed by atoms with Crippen LogP contribution in [0.25, 0.3) is 0 Å². The van der Waals surface area contributed by atoms with E-state index in [0.29, 0.717) is 0 Å². The Morgan fingerprint density at radius 1 is 1.24 bits per heavy atom. The summed E-state index contributed by atoms with van der Waals surface area (Å²) in [6.07, 6.45) is 0. The van der Waals surface area contributed by atoms with Gasteiger partial charge in [-0.25, -0.2) is 0 Å². The van der Waals surface area contributed by atoms with Gasteiger partial charge in [-0.15, -0.1) is 0 Å². The van der Waals surface area contributed by atoms with E-state index < -0.39 is 0 Å². The number of amides is 1. The Kier molecular flexibility index (Phi) is 5.23. The summed E-state index contributed by atoms with van der Waals surface area (Å²) in [6.45, 7) is 10.5. The molecule has 1 aliphatic heterocycles. The first-order valence-corrected chi connectivity index (χ1v) is 7.66. The lowest BCUT2D eigenvalue weighted by Gasteiger charge is -2.35. The first-order valence-electron chi connectivity index (χ1n) is 7.66. The van der Waals surface area contributed by atoms with Crippen LogP contribution in [0, 0.1) is 12.8 Å². The highest BCUT2D eigenvalue weighted by Crippen LogP contribution is 2.20. The molecule has 1 aliphatic rings. The first-order chi connectivity index (χ1) is 10.0. The molecule has 1 heterocycles. The standard InChI is InChI=1S/C17H26N2O2/c1-13(2)17(20)19-9-7-18(8-10-19)12-15-5-6-16(21-4)14(3)11-15/h5-6,11,13H,7-10,12H2,1-4H3. The fourth-order valence-corrected chi connectivity index (χ4v) is 2.79. The molecule has 0 aromatic heterocycles. The number of carbonyl (C=O) groups excluding carboxylic acids is 1.